The number of hydrogen-bond acceptors (Lipinski definition) is 1. The maximum atomic E-state index is 12.9. The quantitative estimate of drug-likeness (QED) is 0.680. The number of nitrogens with zero attached hydrogens (tertiary/aromatic N) is 2. The van der Waals surface area contributed by atoms with Crippen LogP contribution in [-0.2, 0) is 6.18 Å². The van der Waals surface area contributed by atoms with E-state index in [2.05, 4.69) is 4.85 Å². The molecule has 96 valence electrons. The highest BCUT2D eigenvalue weighted by molar-refractivity contribution is 5.64. The van der Waals surface area contributed by atoms with Gasteiger partial charge in [-0.05, 0) is 25.3 Å². The second-order valence-electron chi connectivity index (χ2n) is 4.36. The Hall–Kier alpha value is -1.70. The van der Waals surface area contributed by atoms with Gasteiger partial charge in [0.2, 0.25) is 0 Å². The summed E-state index contributed by atoms with van der Waals surface area (Å²) in [5, 5.41) is 0. The first-order valence-corrected chi connectivity index (χ1v) is 5.86. The molecule has 0 saturated carbocycles. The minimum absolute atomic E-state index is 0.149. The topological polar surface area (TPSA) is 7.60 Å². The van der Waals surface area contributed by atoms with Crippen molar-refractivity contribution in [1.29, 1.82) is 0 Å². The summed E-state index contributed by atoms with van der Waals surface area (Å²) in [4.78, 5) is 4.94. The van der Waals surface area contributed by atoms with Gasteiger partial charge in [0.1, 0.15) is 0 Å². The average Bonchev–Trinajstić information content (AvgIpc) is 2.38. The fourth-order valence-electron chi connectivity index (χ4n) is 2.23. The number of hydrogen-bond donors (Lipinski definition) is 0. The maximum Gasteiger partial charge on any atom is 0.418 e. The van der Waals surface area contributed by atoms with Gasteiger partial charge in [0.15, 0.2) is 5.69 Å². The molecule has 0 amide bonds. The molecule has 1 aromatic carbocycles. The molecule has 0 aromatic heterocycles. The highest BCUT2D eigenvalue weighted by Gasteiger charge is 2.35. The molecule has 0 unspecified atom stereocenters. The van der Waals surface area contributed by atoms with E-state index in [-0.39, 0.29) is 11.4 Å². The van der Waals surface area contributed by atoms with Crippen molar-refractivity contribution in [2.24, 2.45) is 0 Å². The van der Waals surface area contributed by atoms with Crippen molar-refractivity contribution in [3.05, 3.63) is 35.2 Å². The molecule has 5 heteroatoms. The van der Waals surface area contributed by atoms with Gasteiger partial charge < -0.3 is 4.90 Å². The molecule has 1 aliphatic heterocycles. The predicted octanol–water partition coefficient (Wildman–Crippen LogP) is 4.25. The lowest BCUT2D eigenvalue weighted by atomic mass is 10.1. The fraction of sp³-hybridized carbons (Fsp3) is 0.462. The zero-order valence-electron chi connectivity index (χ0n) is 9.80. The SMILES string of the molecule is [C-]#[N+]c1ccc(C(F)(F)F)c(N2CCCCC2)c1. The number of rotatable bonds is 1. The molecule has 0 atom stereocenters. The summed E-state index contributed by atoms with van der Waals surface area (Å²) in [6.07, 6.45) is -1.51. The van der Waals surface area contributed by atoms with Gasteiger partial charge in [-0.2, -0.15) is 13.2 Å². The summed E-state index contributed by atoms with van der Waals surface area (Å²) in [6.45, 7) is 8.16. The molecule has 0 bridgehead atoms. The van der Waals surface area contributed by atoms with Gasteiger partial charge in [-0.15, -0.1) is 0 Å². The lowest BCUT2D eigenvalue weighted by Gasteiger charge is -2.31. The molecule has 1 aromatic rings. The molecule has 1 aliphatic rings. The van der Waals surface area contributed by atoms with E-state index in [1.807, 2.05) is 0 Å². The normalized spacial score (nSPS) is 16.4. The fourth-order valence-corrected chi connectivity index (χ4v) is 2.23. The zero-order chi connectivity index (χ0) is 13.2. The number of anilines is 1. The zero-order valence-corrected chi connectivity index (χ0v) is 9.80. The van der Waals surface area contributed by atoms with Crippen LogP contribution in [-0.4, -0.2) is 13.1 Å². The van der Waals surface area contributed by atoms with Crippen molar-refractivity contribution in [3.8, 4) is 0 Å². The molecule has 0 radical (unpaired) electrons. The molecule has 18 heavy (non-hydrogen) atoms. The summed E-state index contributed by atoms with van der Waals surface area (Å²) in [7, 11) is 0. The van der Waals surface area contributed by atoms with E-state index in [1.54, 1.807) is 4.90 Å². The Morgan fingerprint density at radius 2 is 1.78 bits per heavy atom. The Bertz CT molecular complexity index is 468. The first-order chi connectivity index (χ1) is 8.52. The van der Waals surface area contributed by atoms with E-state index < -0.39 is 11.7 Å². The van der Waals surface area contributed by atoms with Crippen LogP contribution in [0.4, 0.5) is 24.5 Å². The van der Waals surface area contributed by atoms with Crippen LogP contribution in [0, 0.1) is 6.57 Å². The van der Waals surface area contributed by atoms with Crippen molar-refractivity contribution in [3.63, 3.8) is 0 Å². The minimum Gasteiger partial charge on any atom is -0.372 e. The summed E-state index contributed by atoms with van der Waals surface area (Å²) in [5.41, 5.74) is -0.240. The third-order valence-electron chi connectivity index (χ3n) is 3.11. The van der Waals surface area contributed by atoms with E-state index in [4.69, 9.17) is 6.57 Å². The van der Waals surface area contributed by atoms with Crippen molar-refractivity contribution in [2.75, 3.05) is 18.0 Å². The molecule has 2 nitrogen and oxygen atoms in total. The smallest absolute Gasteiger partial charge is 0.372 e. The first-order valence-electron chi connectivity index (χ1n) is 5.86. The molecular weight excluding hydrogens is 241 g/mol. The number of halogens is 3. The van der Waals surface area contributed by atoms with Crippen molar-refractivity contribution >= 4 is 11.4 Å². The van der Waals surface area contributed by atoms with Crippen molar-refractivity contribution in [2.45, 2.75) is 25.4 Å². The van der Waals surface area contributed by atoms with E-state index in [9.17, 15) is 13.2 Å². The van der Waals surface area contributed by atoms with E-state index in [1.165, 1.54) is 12.1 Å². The van der Waals surface area contributed by atoms with Crippen LogP contribution in [0.5, 0.6) is 0 Å². The molecular formula is C13H13F3N2. The van der Waals surface area contributed by atoms with Gasteiger partial charge in [0.25, 0.3) is 0 Å². The van der Waals surface area contributed by atoms with Gasteiger partial charge in [0.05, 0.1) is 12.1 Å². The van der Waals surface area contributed by atoms with Crippen LogP contribution < -0.4 is 4.90 Å². The van der Waals surface area contributed by atoms with Gasteiger partial charge in [0, 0.05) is 18.8 Å². The number of piperidine rings is 1. The molecule has 0 N–H and O–H groups in total. The van der Waals surface area contributed by atoms with Gasteiger partial charge in [-0.25, -0.2) is 4.85 Å². The summed E-state index contributed by atoms with van der Waals surface area (Å²) < 4.78 is 38.8. The Kier molecular flexibility index (Phi) is 3.46. The van der Waals surface area contributed by atoms with Gasteiger partial charge in [-0.1, -0.05) is 12.1 Å². The lowest BCUT2D eigenvalue weighted by molar-refractivity contribution is -0.137. The van der Waals surface area contributed by atoms with Crippen LogP contribution in [0.25, 0.3) is 4.85 Å². The standard InChI is InChI=1S/C13H13F3N2/c1-17-10-5-6-11(13(14,15)16)12(9-10)18-7-3-2-4-8-18/h5-6,9H,2-4,7-8H2. The van der Waals surface area contributed by atoms with Crippen LogP contribution in [0.15, 0.2) is 18.2 Å². The Labute approximate surface area is 104 Å². The van der Waals surface area contributed by atoms with E-state index in [0.29, 0.717) is 13.1 Å². The largest absolute Gasteiger partial charge is 0.418 e. The number of benzene rings is 1. The second kappa shape index (κ2) is 4.89. The molecule has 1 fully saturated rings. The molecule has 2 rings (SSSR count). The highest BCUT2D eigenvalue weighted by atomic mass is 19.4. The monoisotopic (exact) mass is 254 g/mol. The van der Waals surface area contributed by atoms with Gasteiger partial charge in [-0.3, -0.25) is 0 Å². The summed E-state index contributed by atoms with van der Waals surface area (Å²) in [6, 6.07) is 3.59. The third kappa shape index (κ3) is 2.58. The number of alkyl halides is 3. The lowest BCUT2D eigenvalue weighted by Crippen LogP contribution is -2.31. The summed E-state index contributed by atoms with van der Waals surface area (Å²) in [5.74, 6) is 0. The second-order valence-corrected chi connectivity index (χ2v) is 4.36. The molecule has 0 spiro atoms. The Morgan fingerprint density at radius 1 is 1.11 bits per heavy atom. The van der Waals surface area contributed by atoms with Crippen LogP contribution >= 0.6 is 0 Å². The molecule has 1 saturated heterocycles. The minimum atomic E-state index is -4.37. The maximum absolute atomic E-state index is 12.9. The highest BCUT2D eigenvalue weighted by Crippen LogP contribution is 2.39. The van der Waals surface area contributed by atoms with Gasteiger partial charge >= 0.3 is 6.18 Å². The third-order valence-corrected chi connectivity index (χ3v) is 3.11. The van der Waals surface area contributed by atoms with Crippen LogP contribution in [0.1, 0.15) is 24.8 Å². The van der Waals surface area contributed by atoms with E-state index in [0.717, 1.165) is 25.3 Å². The predicted molar refractivity (Wildman–Crippen MR) is 63.8 cm³/mol. The van der Waals surface area contributed by atoms with Crippen LogP contribution in [0.2, 0.25) is 0 Å². The molecule has 0 aliphatic carbocycles. The Balaban J connectivity index is 2.44. The first kappa shape index (κ1) is 12.7. The van der Waals surface area contributed by atoms with Crippen molar-refractivity contribution in [1.82, 2.24) is 0 Å². The van der Waals surface area contributed by atoms with Crippen molar-refractivity contribution < 1.29 is 13.2 Å². The summed E-state index contributed by atoms with van der Waals surface area (Å²) >= 11 is 0. The van der Waals surface area contributed by atoms with Crippen LogP contribution in [0.3, 0.4) is 0 Å². The molecule has 1 heterocycles. The Morgan fingerprint density at radius 3 is 2.33 bits per heavy atom. The van der Waals surface area contributed by atoms with E-state index >= 15 is 0 Å². The average molecular weight is 254 g/mol.